The number of carbonyl (C=O) groups is 2. The third kappa shape index (κ3) is 3.84. The van der Waals surface area contributed by atoms with E-state index < -0.39 is 12.0 Å². The van der Waals surface area contributed by atoms with Gasteiger partial charge in [0.1, 0.15) is 0 Å². The number of benzene rings is 1. The van der Waals surface area contributed by atoms with E-state index in [0.29, 0.717) is 10.6 Å². The number of hydrogen-bond acceptors (Lipinski definition) is 4. The highest BCUT2D eigenvalue weighted by molar-refractivity contribution is 6.30. The maximum atomic E-state index is 12.0. The van der Waals surface area contributed by atoms with Gasteiger partial charge in [0.15, 0.2) is 5.78 Å². The zero-order valence-corrected chi connectivity index (χ0v) is 10.5. The second-order valence-electron chi connectivity index (χ2n) is 3.49. The lowest BCUT2D eigenvalue weighted by atomic mass is 10.0. The third-order valence-corrected chi connectivity index (χ3v) is 2.64. The van der Waals surface area contributed by atoms with Crippen LogP contribution in [0.5, 0.6) is 0 Å². The summed E-state index contributed by atoms with van der Waals surface area (Å²) >= 11 is 5.74. The van der Waals surface area contributed by atoms with E-state index in [0.717, 1.165) is 0 Å². The van der Waals surface area contributed by atoms with Gasteiger partial charge in [-0.05, 0) is 31.3 Å². The lowest BCUT2D eigenvalue weighted by molar-refractivity contribution is -0.140. The zero-order valence-electron chi connectivity index (χ0n) is 9.70. The Balaban J connectivity index is 2.78. The summed E-state index contributed by atoms with van der Waals surface area (Å²) in [6.07, 6.45) is 0.00839. The number of rotatable bonds is 5. The van der Waals surface area contributed by atoms with Crippen molar-refractivity contribution in [2.24, 2.45) is 0 Å². The highest BCUT2D eigenvalue weighted by Crippen LogP contribution is 2.12. The minimum Gasteiger partial charge on any atom is -0.469 e. The molecule has 0 amide bonds. The Bertz CT molecular complexity index is 403. The quantitative estimate of drug-likeness (QED) is 0.642. The Hall–Kier alpha value is -1.39. The average Bonchev–Trinajstić information content (AvgIpc) is 2.35. The van der Waals surface area contributed by atoms with E-state index in [-0.39, 0.29) is 12.2 Å². The van der Waals surface area contributed by atoms with Crippen LogP contribution in [0.1, 0.15) is 16.8 Å². The predicted octanol–water partition coefficient (Wildman–Crippen LogP) is 1.67. The van der Waals surface area contributed by atoms with E-state index in [9.17, 15) is 9.59 Å². The van der Waals surface area contributed by atoms with Crippen molar-refractivity contribution in [1.29, 1.82) is 0 Å². The number of ketones is 1. The first-order chi connectivity index (χ1) is 8.08. The Morgan fingerprint density at radius 1 is 1.35 bits per heavy atom. The standard InChI is InChI=1S/C12H14ClNO3/c1-14-10(7-11(15)17-2)12(16)8-3-5-9(13)6-4-8/h3-6,10,14H,7H2,1-2H3. The van der Waals surface area contributed by atoms with Crippen LogP contribution in [0, 0.1) is 0 Å². The summed E-state index contributed by atoms with van der Waals surface area (Å²) in [7, 11) is 2.92. The molecule has 0 saturated carbocycles. The van der Waals surface area contributed by atoms with Crippen LogP contribution in [0.2, 0.25) is 5.02 Å². The smallest absolute Gasteiger partial charge is 0.307 e. The molecule has 0 heterocycles. The summed E-state index contributed by atoms with van der Waals surface area (Å²) in [5.74, 6) is -0.582. The van der Waals surface area contributed by atoms with Crippen molar-refractivity contribution in [2.45, 2.75) is 12.5 Å². The van der Waals surface area contributed by atoms with Crippen LogP contribution in [-0.4, -0.2) is 32.0 Å². The molecule has 1 atom stereocenters. The second kappa shape index (κ2) is 6.37. The van der Waals surface area contributed by atoms with Gasteiger partial charge in [0.25, 0.3) is 0 Å². The minimum absolute atomic E-state index is 0.00839. The van der Waals surface area contributed by atoms with Crippen molar-refractivity contribution in [3.05, 3.63) is 34.9 Å². The van der Waals surface area contributed by atoms with Crippen LogP contribution < -0.4 is 5.32 Å². The minimum atomic E-state index is -0.580. The molecule has 0 aromatic heterocycles. The maximum Gasteiger partial charge on any atom is 0.307 e. The van der Waals surface area contributed by atoms with Crippen molar-refractivity contribution < 1.29 is 14.3 Å². The van der Waals surface area contributed by atoms with Crippen LogP contribution in [0.4, 0.5) is 0 Å². The van der Waals surface area contributed by atoms with Gasteiger partial charge in [-0.15, -0.1) is 0 Å². The van der Waals surface area contributed by atoms with Crippen molar-refractivity contribution in [3.8, 4) is 0 Å². The van der Waals surface area contributed by atoms with Gasteiger partial charge < -0.3 is 10.1 Å². The Morgan fingerprint density at radius 2 is 1.94 bits per heavy atom. The molecule has 1 aromatic rings. The second-order valence-corrected chi connectivity index (χ2v) is 3.93. The summed E-state index contributed by atoms with van der Waals surface area (Å²) in [6.45, 7) is 0. The molecule has 1 N–H and O–H groups in total. The van der Waals surface area contributed by atoms with E-state index >= 15 is 0 Å². The van der Waals surface area contributed by atoms with Gasteiger partial charge in [0.05, 0.1) is 19.6 Å². The number of carbonyl (C=O) groups excluding carboxylic acids is 2. The van der Waals surface area contributed by atoms with Crippen LogP contribution in [-0.2, 0) is 9.53 Å². The lowest BCUT2D eigenvalue weighted by Gasteiger charge is -2.13. The van der Waals surface area contributed by atoms with Gasteiger partial charge in [-0.25, -0.2) is 0 Å². The molecule has 0 spiro atoms. The molecule has 17 heavy (non-hydrogen) atoms. The monoisotopic (exact) mass is 255 g/mol. The van der Waals surface area contributed by atoms with Gasteiger partial charge in [-0.1, -0.05) is 11.6 Å². The first-order valence-electron chi connectivity index (χ1n) is 5.12. The number of methoxy groups -OCH3 is 1. The molecule has 0 fully saturated rings. The molecule has 0 radical (unpaired) electrons. The van der Waals surface area contributed by atoms with Gasteiger partial charge >= 0.3 is 5.97 Å². The Morgan fingerprint density at radius 3 is 2.41 bits per heavy atom. The van der Waals surface area contributed by atoms with E-state index in [4.69, 9.17) is 11.6 Å². The van der Waals surface area contributed by atoms with Crippen molar-refractivity contribution >= 4 is 23.4 Å². The summed E-state index contributed by atoms with van der Waals surface area (Å²) in [6, 6.07) is 5.96. The fraction of sp³-hybridized carbons (Fsp3) is 0.333. The van der Waals surface area contributed by atoms with E-state index in [1.165, 1.54) is 7.11 Å². The predicted molar refractivity (Wildman–Crippen MR) is 65.3 cm³/mol. The molecule has 1 aromatic carbocycles. The number of hydrogen-bond donors (Lipinski definition) is 1. The van der Waals surface area contributed by atoms with Crippen LogP contribution >= 0.6 is 11.6 Å². The fourth-order valence-corrected chi connectivity index (χ4v) is 1.52. The van der Waals surface area contributed by atoms with Gasteiger partial charge in [0, 0.05) is 10.6 Å². The molecule has 0 bridgehead atoms. The normalized spacial score (nSPS) is 11.9. The van der Waals surface area contributed by atoms with Crippen molar-refractivity contribution in [3.63, 3.8) is 0 Å². The average molecular weight is 256 g/mol. The first kappa shape index (κ1) is 13.7. The molecule has 0 aliphatic heterocycles. The number of halogens is 1. The highest BCUT2D eigenvalue weighted by Gasteiger charge is 2.21. The van der Waals surface area contributed by atoms with E-state index in [2.05, 4.69) is 10.1 Å². The van der Waals surface area contributed by atoms with Crippen molar-refractivity contribution in [2.75, 3.05) is 14.2 Å². The van der Waals surface area contributed by atoms with Crippen LogP contribution in [0.15, 0.2) is 24.3 Å². The largest absolute Gasteiger partial charge is 0.469 e. The van der Waals surface area contributed by atoms with Gasteiger partial charge in [0.2, 0.25) is 0 Å². The molecule has 1 rings (SSSR count). The maximum absolute atomic E-state index is 12.0. The van der Waals surface area contributed by atoms with Crippen molar-refractivity contribution in [1.82, 2.24) is 5.32 Å². The molecule has 0 saturated heterocycles. The molecule has 5 heteroatoms. The number of esters is 1. The zero-order chi connectivity index (χ0) is 12.8. The molecule has 0 aliphatic carbocycles. The Labute approximate surface area is 105 Å². The fourth-order valence-electron chi connectivity index (χ4n) is 1.39. The van der Waals surface area contributed by atoms with Crippen LogP contribution in [0.25, 0.3) is 0 Å². The summed E-state index contributed by atoms with van der Waals surface area (Å²) in [5.41, 5.74) is 0.512. The molecule has 0 aliphatic rings. The molecular formula is C12H14ClNO3. The van der Waals surface area contributed by atoms with E-state index in [1.807, 2.05) is 0 Å². The molecule has 4 nitrogen and oxygen atoms in total. The number of likely N-dealkylation sites (N-methyl/N-ethyl adjacent to an activating group) is 1. The third-order valence-electron chi connectivity index (χ3n) is 2.39. The van der Waals surface area contributed by atoms with Gasteiger partial charge in [-0.3, -0.25) is 9.59 Å². The summed E-state index contributed by atoms with van der Waals surface area (Å²) in [5, 5.41) is 3.36. The lowest BCUT2D eigenvalue weighted by Crippen LogP contribution is -2.36. The highest BCUT2D eigenvalue weighted by atomic mass is 35.5. The molecule has 1 unspecified atom stereocenters. The van der Waals surface area contributed by atoms with E-state index in [1.54, 1.807) is 31.3 Å². The van der Waals surface area contributed by atoms with Crippen LogP contribution in [0.3, 0.4) is 0 Å². The van der Waals surface area contributed by atoms with Gasteiger partial charge in [-0.2, -0.15) is 0 Å². The summed E-state index contributed by atoms with van der Waals surface area (Å²) < 4.78 is 4.54. The first-order valence-corrected chi connectivity index (χ1v) is 5.50. The number of ether oxygens (including phenoxy) is 1. The molecular weight excluding hydrogens is 242 g/mol. The number of Topliss-reactive ketones (excluding diaryl/α,β-unsaturated/α-hetero) is 1. The number of nitrogens with one attached hydrogen (secondary N) is 1. The molecule has 92 valence electrons. The Kier molecular flexibility index (Phi) is 5.12. The SMILES string of the molecule is CNC(CC(=O)OC)C(=O)c1ccc(Cl)cc1. The summed E-state index contributed by atoms with van der Waals surface area (Å²) in [4.78, 5) is 23.2. The topological polar surface area (TPSA) is 55.4 Å².